The van der Waals surface area contributed by atoms with Gasteiger partial charge in [-0.25, -0.2) is 5.84 Å². The number of aromatic nitrogens is 3. The average molecular weight is 296 g/mol. The highest BCUT2D eigenvalue weighted by molar-refractivity contribution is 6.30. The average Bonchev–Trinajstić information content (AvgIpc) is 2.42. The van der Waals surface area contributed by atoms with Crippen LogP contribution in [0.15, 0.2) is 12.1 Å². The van der Waals surface area contributed by atoms with Gasteiger partial charge in [-0.15, -0.1) is 4.98 Å². The molecule has 3 N–H and O–H groups in total. The van der Waals surface area contributed by atoms with Gasteiger partial charge in [0.05, 0.1) is 7.11 Å². The Morgan fingerprint density at radius 2 is 1.70 bits per heavy atom. The number of hydrazine groups is 1. The second-order valence-corrected chi connectivity index (χ2v) is 4.48. The summed E-state index contributed by atoms with van der Waals surface area (Å²) in [4.78, 5) is 11.9. The predicted molar refractivity (Wildman–Crippen MR) is 75.2 cm³/mol. The van der Waals surface area contributed by atoms with E-state index in [1.54, 1.807) is 12.1 Å². The topological polar surface area (TPSA) is 95.2 Å². The van der Waals surface area contributed by atoms with E-state index in [2.05, 4.69) is 20.4 Å². The molecule has 0 saturated carbocycles. The molecule has 2 aromatic rings. The van der Waals surface area contributed by atoms with E-state index in [-0.39, 0.29) is 18.0 Å². The zero-order chi connectivity index (χ0) is 14.7. The maximum Gasteiger partial charge on any atom is 0.330 e. The number of anilines is 1. The molecular weight excluding hydrogens is 282 g/mol. The first-order valence-corrected chi connectivity index (χ1v) is 6.12. The van der Waals surface area contributed by atoms with Crippen molar-refractivity contribution in [2.45, 2.75) is 13.8 Å². The molecular formula is C12H14ClN5O2. The number of nitrogens with one attached hydrogen (secondary N) is 1. The molecule has 0 radical (unpaired) electrons. The second kappa shape index (κ2) is 5.89. The number of benzene rings is 1. The van der Waals surface area contributed by atoms with Crippen LogP contribution in [-0.4, -0.2) is 22.1 Å². The highest BCUT2D eigenvalue weighted by Gasteiger charge is 2.12. The van der Waals surface area contributed by atoms with Crippen molar-refractivity contribution >= 4 is 17.5 Å². The van der Waals surface area contributed by atoms with Gasteiger partial charge in [-0.3, -0.25) is 5.43 Å². The van der Waals surface area contributed by atoms with E-state index < -0.39 is 0 Å². The number of methoxy groups -OCH3 is 1. The lowest BCUT2D eigenvalue weighted by molar-refractivity contribution is 0.359. The highest BCUT2D eigenvalue weighted by Crippen LogP contribution is 2.30. The molecule has 0 fully saturated rings. The first kappa shape index (κ1) is 14.3. The lowest BCUT2D eigenvalue weighted by Crippen LogP contribution is -2.12. The number of aryl methyl sites for hydroxylation is 2. The molecule has 7 nitrogen and oxygen atoms in total. The smallest absolute Gasteiger partial charge is 0.330 e. The molecule has 0 atom stereocenters. The molecule has 1 aromatic carbocycles. The summed E-state index contributed by atoms with van der Waals surface area (Å²) in [7, 11) is 1.44. The molecule has 0 amide bonds. The third-order valence-electron chi connectivity index (χ3n) is 2.52. The summed E-state index contributed by atoms with van der Waals surface area (Å²) in [6.07, 6.45) is 0. The fourth-order valence-electron chi connectivity index (χ4n) is 1.69. The number of hydrogen-bond acceptors (Lipinski definition) is 7. The maximum atomic E-state index is 5.98. The van der Waals surface area contributed by atoms with E-state index in [1.165, 1.54) is 7.11 Å². The molecule has 0 aliphatic rings. The van der Waals surface area contributed by atoms with Crippen LogP contribution >= 0.6 is 11.6 Å². The number of nitrogens with two attached hydrogens (primary N) is 1. The fourth-order valence-corrected chi connectivity index (χ4v) is 2.02. The lowest BCUT2D eigenvalue weighted by Gasteiger charge is -2.11. The van der Waals surface area contributed by atoms with Gasteiger partial charge in [0.1, 0.15) is 5.75 Å². The minimum absolute atomic E-state index is 0.0818. The minimum atomic E-state index is 0.0818. The van der Waals surface area contributed by atoms with Crippen LogP contribution in [0.5, 0.6) is 17.8 Å². The lowest BCUT2D eigenvalue weighted by atomic mass is 10.1. The van der Waals surface area contributed by atoms with Crippen LogP contribution in [0.3, 0.4) is 0 Å². The van der Waals surface area contributed by atoms with Crippen LogP contribution < -0.4 is 20.7 Å². The molecule has 0 saturated heterocycles. The van der Waals surface area contributed by atoms with E-state index >= 15 is 0 Å². The van der Waals surface area contributed by atoms with Crippen molar-refractivity contribution in [2.24, 2.45) is 5.84 Å². The third kappa shape index (κ3) is 3.06. The quantitative estimate of drug-likeness (QED) is 0.659. The van der Waals surface area contributed by atoms with E-state index in [1.807, 2.05) is 13.8 Å². The zero-order valence-corrected chi connectivity index (χ0v) is 12.0. The van der Waals surface area contributed by atoms with Crippen LogP contribution in [0.25, 0.3) is 0 Å². The molecule has 0 unspecified atom stereocenters. The van der Waals surface area contributed by atoms with Crippen molar-refractivity contribution in [3.05, 3.63) is 28.3 Å². The van der Waals surface area contributed by atoms with Gasteiger partial charge in [0.2, 0.25) is 5.95 Å². The number of nitrogen functional groups attached to an aromatic ring is 1. The van der Waals surface area contributed by atoms with Crippen molar-refractivity contribution in [2.75, 3.05) is 12.5 Å². The Labute approximate surface area is 121 Å². The van der Waals surface area contributed by atoms with Gasteiger partial charge >= 0.3 is 12.0 Å². The zero-order valence-electron chi connectivity index (χ0n) is 11.3. The first-order chi connectivity index (χ1) is 9.53. The molecule has 8 heteroatoms. The van der Waals surface area contributed by atoms with Gasteiger partial charge in [-0.2, -0.15) is 9.97 Å². The summed E-state index contributed by atoms with van der Waals surface area (Å²) in [5.41, 5.74) is 4.07. The van der Waals surface area contributed by atoms with Gasteiger partial charge in [-0.05, 0) is 37.1 Å². The second-order valence-electron chi connectivity index (χ2n) is 4.04. The van der Waals surface area contributed by atoms with Crippen LogP contribution in [0.4, 0.5) is 5.95 Å². The van der Waals surface area contributed by atoms with E-state index in [9.17, 15) is 0 Å². The summed E-state index contributed by atoms with van der Waals surface area (Å²) in [5.74, 6) is 6.06. The first-order valence-electron chi connectivity index (χ1n) is 5.74. The largest absolute Gasteiger partial charge is 0.467 e. The highest BCUT2D eigenvalue weighted by atomic mass is 35.5. The normalized spacial score (nSPS) is 10.2. The Morgan fingerprint density at radius 3 is 2.25 bits per heavy atom. The van der Waals surface area contributed by atoms with E-state index in [0.717, 1.165) is 11.1 Å². The molecule has 1 heterocycles. The van der Waals surface area contributed by atoms with E-state index in [0.29, 0.717) is 10.8 Å². The van der Waals surface area contributed by atoms with Gasteiger partial charge < -0.3 is 9.47 Å². The molecule has 0 aliphatic carbocycles. The summed E-state index contributed by atoms with van der Waals surface area (Å²) in [5, 5.41) is 0.643. The third-order valence-corrected chi connectivity index (χ3v) is 2.74. The Morgan fingerprint density at radius 1 is 1.10 bits per heavy atom. The molecule has 0 spiro atoms. The standard InChI is InChI=1S/C12H14ClN5O2/c1-6-4-8(13)5-7(2)9(6)20-12-16-10(18-14)15-11(17-12)19-3/h4-5H,14H2,1-3H3,(H,15,16,17,18). The number of nitrogens with zero attached hydrogens (tertiary/aromatic N) is 3. The van der Waals surface area contributed by atoms with Crippen molar-refractivity contribution in [1.82, 2.24) is 15.0 Å². The van der Waals surface area contributed by atoms with Crippen LogP contribution in [-0.2, 0) is 0 Å². The molecule has 20 heavy (non-hydrogen) atoms. The molecule has 0 bridgehead atoms. The van der Waals surface area contributed by atoms with Crippen molar-refractivity contribution in [3.8, 4) is 17.8 Å². The maximum absolute atomic E-state index is 5.98. The number of rotatable bonds is 4. The van der Waals surface area contributed by atoms with Gasteiger partial charge in [0.15, 0.2) is 0 Å². The summed E-state index contributed by atoms with van der Waals surface area (Å²) >= 11 is 5.98. The van der Waals surface area contributed by atoms with Crippen molar-refractivity contribution in [1.29, 1.82) is 0 Å². The molecule has 2 rings (SSSR count). The molecule has 1 aromatic heterocycles. The summed E-state index contributed by atoms with van der Waals surface area (Å²) in [6, 6.07) is 3.78. The van der Waals surface area contributed by atoms with Crippen LogP contribution in [0.2, 0.25) is 5.02 Å². The Balaban J connectivity index is 2.39. The van der Waals surface area contributed by atoms with Crippen molar-refractivity contribution in [3.63, 3.8) is 0 Å². The monoisotopic (exact) mass is 295 g/mol. The predicted octanol–water partition coefficient (Wildman–Crippen LogP) is 2.23. The Hall–Kier alpha value is -2.12. The summed E-state index contributed by atoms with van der Waals surface area (Å²) < 4.78 is 10.6. The minimum Gasteiger partial charge on any atom is -0.467 e. The van der Waals surface area contributed by atoms with E-state index in [4.69, 9.17) is 26.9 Å². The molecule has 106 valence electrons. The van der Waals surface area contributed by atoms with Crippen LogP contribution in [0, 0.1) is 13.8 Å². The van der Waals surface area contributed by atoms with Crippen LogP contribution in [0.1, 0.15) is 11.1 Å². The summed E-state index contributed by atoms with van der Waals surface area (Å²) in [6.45, 7) is 3.77. The van der Waals surface area contributed by atoms with Crippen molar-refractivity contribution < 1.29 is 9.47 Å². The fraction of sp³-hybridized carbons (Fsp3) is 0.250. The Kier molecular flexibility index (Phi) is 4.21. The Bertz CT molecular complexity index is 590. The number of ether oxygens (including phenoxy) is 2. The van der Waals surface area contributed by atoms with Gasteiger partial charge in [0, 0.05) is 5.02 Å². The van der Waals surface area contributed by atoms with Gasteiger partial charge in [-0.1, -0.05) is 11.6 Å². The van der Waals surface area contributed by atoms with Gasteiger partial charge in [0.25, 0.3) is 0 Å². The number of halogens is 1. The molecule has 0 aliphatic heterocycles. The number of hydrogen-bond donors (Lipinski definition) is 2. The SMILES string of the molecule is COc1nc(NN)nc(Oc2c(C)cc(Cl)cc2C)n1.